The molecule has 2 N–H and O–H groups in total. The van der Waals surface area contributed by atoms with E-state index < -0.39 is 12.1 Å². The number of carbonyl (C=O) groups is 1. The summed E-state index contributed by atoms with van der Waals surface area (Å²) in [5, 5.41) is 15.4. The number of carboxylic acid groups (broad SMARTS) is 1. The molecule has 0 unspecified atom stereocenters. The van der Waals surface area contributed by atoms with Crippen LogP contribution in [-0.4, -0.2) is 40.1 Å². The summed E-state index contributed by atoms with van der Waals surface area (Å²) in [5.74, 6) is -2.08. The molecule has 1 aliphatic rings. The Hall–Kier alpha value is -2.35. The van der Waals surface area contributed by atoms with Crippen LogP contribution in [0.3, 0.4) is 0 Å². The first-order chi connectivity index (χ1) is 12.8. The number of aliphatic carboxylic acids is 1. The van der Waals surface area contributed by atoms with Crippen molar-refractivity contribution in [3.05, 3.63) is 53.3 Å². The van der Waals surface area contributed by atoms with Gasteiger partial charge in [0.25, 0.3) is 0 Å². The summed E-state index contributed by atoms with van der Waals surface area (Å²) in [6.45, 7) is 5.42. The van der Waals surface area contributed by atoms with Gasteiger partial charge in [-0.05, 0) is 44.5 Å². The number of aryl methyl sites for hydroxylation is 1. The monoisotopic (exact) mass is 383 g/mol. The molecular formula is C19H24F3N3O2. The molecule has 0 amide bonds. The van der Waals surface area contributed by atoms with Gasteiger partial charge in [-0.2, -0.15) is 18.3 Å². The van der Waals surface area contributed by atoms with E-state index in [1.807, 2.05) is 0 Å². The predicted octanol–water partition coefficient (Wildman–Crippen LogP) is 3.59. The third kappa shape index (κ3) is 6.39. The molecule has 148 valence electrons. The number of piperidine rings is 1. The van der Waals surface area contributed by atoms with Crippen LogP contribution in [0, 0.1) is 0 Å². The summed E-state index contributed by atoms with van der Waals surface area (Å²) in [4.78, 5) is 8.90. The summed E-state index contributed by atoms with van der Waals surface area (Å²) in [6, 6.07) is 12.9. The van der Waals surface area contributed by atoms with Crippen molar-refractivity contribution in [2.75, 3.05) is 13.1 Å². The Labute approximate surface area is 156 Å². The standard InChI is InChI=1S/C17H23N3.C2HF3O2/c1-2-20-17(15-8-10-18-11-9-15)13-16(19-20)12-14-6-4-3-5-7-14;3-2(4,5)1(6)7/h3-7,13,15,18H,2,8-12H2,1H3;(H,6,7). The minimum absolute atomic E-state index is 0.674. The van der Waals surface area contributed by atoms with Crippen molar-refractivity contribution in [3.8, 4) is 0 Å². The number of carboxylic acids is 1. The third-order valence-electron chi connectivity index (χ3n) is 4.39. The Morgan fingerprint density at radius 1 is 1.26 bits per heavy atom. The van der Waals surface area contributed by atoms with Gasteiger partial charge in [0.15, 0.2) is 0 Å². The van der Waals surface area contributed by atoms with E-state index >= 15 is 0 Å². The molecule has 2 aromatic rings. The van der Waals surface area contributed by atoms with E-state index in [-0.39, 0.29) is 0 Å². The fraction of sp³-hybridized carbons (Fsp3) is 0.474. The van der Waals surface area contributed by atoms with Crippen LogP contribution in [0.1, 0.15) is 42.6 Å². The largest absolute Gasteiger partial charge is 0.490 e. The second kappa shape index (κ2) is 9.55. The minimum atomic E-state index is -5.08. The zero-order valence-corrected chi connectivity index (χ0v) is 15.2. The van der Waals surface area contributed by atoms with Gasteiger partial charge >= 0.3 is 12.1 Å². The number of aromatic nitrogens is 2. The maximum Gasteiger partial charge on any atom is 0.490 e. The van der Waals surface area contributed by atoms with E-state index in [4.69, 9.17) is 15.0 Å². The van der Waals surface area contributed by atoms with Crippen molar-refractivity contribution < 1.29 is 23.1 Å². The average molecular weight is 383 g/mol. The van der Waals surface area contributed by atoms with Gasteiger partial charge in [0.2, 0.25) is 0 Å². The lowest BCUT2D eigenvalue weighted by Crippen LogP contribution is -2.27. The zero-order chi connectivity index (χ0) is 19.9. The van der Waals surface area contributed by atoms with Gasteiger partial charge in [-0.3, -0.25) is 4.68 Å². The molecule has 0 aliphatic carbocycles. The first-order valence-corrected chi connectivity index (χ1v) is 8.92. The van der Waals surface area contributed by atoms with Crippen LogP contribution in [0.5, 0.6) is 0 Å². The summed E-state index contributed by atoms with van der Waals surface area (Å²) in [5.41, 5.74) is 3.97. The van der Waals surface area contributed by atoms with E-state index in [0.29, 0.717) is 5.92 Å². The highest BCUT2D eigenvalue weighted by Gasteiger charge is 2.38. The van der Waals surface area contributed by atoms with Gasteiger partial charge in [-0.1, -0.05) is 30.3 Å². The summed E-state index contributed by atoms with van der Waals surface area (Å²) in [7, 11) is 0. The number of rotatable bonds is 4. The molecule has 0 spiro atoms. The summed E-state index contributed by atoms with van der Waals surface area (Å²) < 4.78 is 33.9. The molecule has 3 rings (SSSR count). The van der Waals surface area contributed by atoms with Gasteiger partial charge in [0.05, 0.1) is 5.69 Å². The highest BCUT2D eigenvalue weighted by molar-refractivity contribution is 5.73. The lowest BCUT2D eigenvalue weighted by Gasteiger charge is -2.23. The second-order valence-electron chi connectivity index (χ2n) is 6.37. The number of hydrogen-bond acceptors (Lipinski definition) is 3. The molecule has 1 aromatic heterocycles. The molecular weight excluding hydrogens is 359 g/mol. The van der Waals surface area contributed by atoms with Crippen LogP contribution < -0.4 is 5.32 Å². The third-order valence-corrected chi connectivity index (χ3v) is 4.39. The molecule has 5 nitrogen and oxygen atoms in total. The molecule has 0 saturated carbocycles. The fourth-order valence-corrected chi connectivity index (χ4v) is 3.08. The van der Waals surface area contributed by atoms with Crippen LogP contribution in [0.15, 0.2) is 36.4 Å². The van der Waals surface area contributed by atoms with Gasteiger partial charge in [0, 0.05) is 24.6 Å². The van der Waals surface area contributed by atoms with E-state index in [0.717, 1.165) is 26.1 Å². The Morgan fingerprint density at radius 2 is 1.85 bits per heavy atom. The van der Waals surface area contributed by atoms with E-state index in [9.17, 15) is 13.2 Å². The molecule has 27 heavy (non-hydrogen) atoms. The maximum atomic E-state index is 10.6. The van der Waals surface area contributed by atoms with E-state index in [2.05, 4.69) is 53.3 Å². The van der Waals surface area contributed by atoms with Crippen LogP contribution in [0.4, 0.5) is 13.2 Å². The fourth-order valence-electron chi connectivity index (χ4n) is 3.08. The van der Waals surface area contributed by atoms with Gasteiger partial charge in [-0.15, -0.1) is 0 Å². The summed E-state index contributed by atoms with van der Waals surface area (Å²) >= 11 is 0. The van der Waals surface area contributed by atoms with Crippen molar-refractivity contribution in [1.82, 2.24) is 15.1 Å². The molecule has 1 aliphatic heterocycles. The number of nitrogens with one attached hydrogen (secondary N) is 1. The number of halogens is 3. The van der Waals surface area contributed by atoms with Gasteiger partial charge < -0.3 is 10.4 Å². The molecule has 0 bridgehead atoms. The Kier molecular flexibility index (Phi) is 7.41. The van der Waals surface area contributed by atoms with E-state index in [1.165, 1.54) is 29.8 Å². The summed E-state index contributed by atoms with van der Waals surface area (Å²) in [6.07, 6.45) is -1.68. The molecule has 8 heteroatoms. The predicted molar refractivity (Wildman–Crippen MR) is 95.7 cm³/mol. The highest BCUT2D eigenvalue weighted by Crippen LogP contribution is 2.26. The molecule has 1 aromatic carbocycles. The number of nitrogens with zero attached hydrogens (tertiary/aromatic N) is 2. The first-order valence-electron chi connectivity index (χ1n) is 8.92. The first kappa shape index (κ1) is 21.0. The van der Waals surface area contributed by atoms with Crippen LogP contribution in [0.2, 0.25) is 0 Å². The smallest absolute Gasteiger partial charge is 0.475 e. The lowest BCUT2D eigenvalue weighted by molar-refractivity contribution is -0.192. The molecule has 0 radical (unpaired) electrons. The topological polar surface area (TPSA) is 67.2 Å². The van der Waals surface area contributed by atoms with Crippen molar-refractivity contribution in [2.24, 2.45) is 0 Å². The average Bonchev–Trinajstić information content (AvgIpc) is 3.06. The highest BCUT2D eigenvalue weighted by atomic mass is 19.4. The number of benzene rings is 1. The Bertz CT molecular complexity index is 724. The number of hydrogen-bond donors (Lipinski definition) is 2. The van der Waals surface area contributed by atoms with Crippen molar-refractivity contribution in [3.63, 3.8) is 0 Å². The molecule has 1 fully saturated rings. The molecule has 0 atom stereocenters. The second-order valence-corrected chi connectivity index (χ2v) is 6.37. The minimum Gasteiger partial charge on any atom is -0.475 e. The van der Waals surface area contributed by atoms with Crippen molar-refractivity contribution in [2.45, 2.75) is 44.8 Å². The maximum absolute atomic E-state index is 10.6. The van der Waals surface area contributed by atoms with Crippen molar-refractivity contribution in [1.29, 1.82) is 0 Å². The lowest BCUT2D eigenvalue weighted by atomic mass is 9.94. The van der Waals surface area contributed by atoms with Crippen LogP contribution >= 0.6 is 0 Å². The quantitative estimate of drug-likeness (QED) is 0.847. The Balaban J connectivity index is 0.000000321. The SMILES string of the molecule is CCn1nc(Cc2ccccc2)cc1C1CCNCC1.O=C(O)C(F)(F)F. The normalized spacial score (nSPS) is 15.1. The molecule has 2 heterocycles. The van der Waals surface area contributed by atoms with E-state index in [1.54, 1.807) is 0 Å². The molecule has 1 saturated heterocycles. The van der Waals surface area contributed by atoms with Crippen LogP contribution in [-0.2, 0) is 17.8 Å². The van der Waals surface area contributed by atoms with Gasteiger partial charge in [-0.25, -0.2) is 4.79 Å². The Morgan fingerprint density at radius 3 is 2.37 bits per heavy atom. The number of alkyl halides is 3. The van der Waals surface area contributed by atoms with Crippen LogP contribution in [0.25, 0.3) is 0 Å². The van der Waals surface area contributed by atoms with Gasteiger partial charge in [0.1, 0.15) is 0 Å². The van der Waals surface area contributed by atoms with Crippen molar-refractivity contribution >= 4 is 5.97 Å². The zero-order valence-electron chi connectivity index (χ0n) is 15.2.